The van der Waals surface area contributed by atoms with E-state index in [1.54, 1.807) is 0 Å². The topological polar surface area (TPSA) is 37.3 Å². The first-order valence-corrected chi connectivity index (χ1v) is 13.7. The van der Waals surface area contributed by atoms with Crippen molar-refractivity contribution in [1.29, 1.82) is 0 Å². The minimum atomic E-state index is -0.158. The zero-order chi connectivity index (χ0) is 23.3. The summed E-state index contributed by atoms with van der Waals surface area (Å²) in [5, 5.41) is 10.9. The predicted molar refractivity (Wildman–Crippen MR) is 131 cm³/mol. The lowest BCUT2D eigenvalue weighted by molar-refractivity contribution is -0.245. The van der Waals surface area contributed by atoms with Crippen molar-refractivity contribution >= 4 is 6.29 Å². The van der Waals surface area contributed by atoms with Crippen LogP contribution in [-0.2, 0) is 4.79 Å². The lowest BCUT2D eigenvalue weighted by Crippen LogP contribution is -2.66. The Morgan fingerprint density at radius 2 is 1.56 bits per heavy atom. The summed E-state index contributed by atoms with van der Waals surface area (Å²) in [6.07, 6.45) is 13.1. The molecule has 1 N–H and O–H groups in total. The van der Waals surface area contributed by atoms with E-state index in [-0.39, 0.29) is 16.9 Å². The largest absolute Gasteiger partial charge is 0.393 e. The predicted octanol–water partition coefficient (Wildman–Crippen LogP) is 7.20. The van der Waals surface area contributed by atoms with Crippen LogP contribution in [0.3, 0.4) is 0 Å². The van der Waals surface area contributed by atoms with Crippen molar-refractivity contribution in [3.05, 3.63) is 12.2 Å². The van der Waals surface area contributed by atoms with E-state index in [0.29, 0.717) is 39.9 Å². The number of rotatable bonds is 2. The molecule has 0 aliphatic heterocycles. The summed E-state index contributed by atoms with van der Waals surface area (Å²) in [6, 6.07) is 0. The minimum absolute atomic E-state index is 0.0157. The molecule has 0 saturated heterocycles. The first kappa shape index (κ1) is 23.1. The van der Waals surface area contributed by atoms with Crippen LogP contribution < -0.4 is 0 Å². The van der Waals surface area contributed by atoms with E-state index in [9.17, 15) is 9.90 Å². The smallest absolute Gasteiger partial charge is 0.126 e. The molecule has 5 saturated carbocycles. The second kappa shape index (κ2) is 6.96. The standard InChI is InChI=1S/C30H48O2/c1-19(2)20-10-15-30(18-31)17-16-28(6)21(25(20)30)8-9-23-27(5)13-12-24(32)26(3,4)22(27)11-14-29(23,28)7/h18,20-25,32H,1,8-17H2,2-7H3/t20-,21+,22+,23+,24+,25+,27-,28+,29+,30+/m1/s1. The maximum absolute atomic E-state index is 12.6. The summed E-state index contributed by atoms with van der Waals surface area (Å²) in [7, 11) is 0. The molecular weight excluding hydrogens is 392 g/mol. The maximum atomic E-state index is 12.6. The van der Waals surface area contributed by atoms with E-state index in [4.69, 9.17) is 0 Å². The molecule has 0 heterocycles. The number of fused-ring (bicyclic) bond motifs is 7. The number of aldehydes is 1. The van der Waals surface area contributed by atoms with E-state index in [1.807, 2.05) is 0 Å². The highest BCUT2D eigenvalue weighted by molar-refractivity contribution is 5.62. The summed E-state index contributed by atoms with van der Waals surface area (Å²) < 4.78 is 0. The first-order valence-electron chi connectivity index (χ1n) is 13.7. The molecule has 0 aromatic rings. The second-order valence-electron chi connectivity index (χ2n) is 14.4. The number of carbonyl (C=O) groups is 1. The van der Waals surface area contributed by atoms with Crippen LogP contribution in [0.25, 0.3) is 0 Å². The molecule has 5 aliphatic rings. The molecule has 2 nitrogen and oxygen atoms in total. The summed E-state index contributed by atoms with van der Waals surface area (Å²) >= 11 is 0. The number of aliphatic hydroxyl groups excluding tert-OH is 1. The Labute approximate surface area is 197 Å². The molecular formula is C30H48O2. The lowest BCUT2D eigenvalue weighted by Gasteiger charge is -2.72. The summed E-state index contributed by atoms with van der Waals surface area (Å²) in [4.78, 5) is 12.6. The van der Waals surface area contributed by atoms with Gasteiger partial charge in [0, 0.05) is 5.41 Å². The number of allylic oxidation sites excluding steroid dienone is 1. The van der Waals surface area contributed by atoms with Gasteiger partial charge < -0.3 is 9.90 Å². The van der Waals surface area contributed by atoms with E-state index in [2.05, 4.69) is 48.1 Å². The van der Waals surface area contributed by atoms with Crippen LogP contribution >= 0.6 is 0 Å². The average Bonchev–Trinajstić information content (AvgIpc) is 3.12. The van der Waals surface area contributed by atoms with Crippen LogP contribution in [-0.4, -0.2) is 17.5 Å². The lowest BCUT2D eigenvalue weighted by atomic mass is 9.32. The molecule has 5 rings (SSSR count). The van der Waals surface area contributed by atoms with E-state index >= 15 is 0 Å². The van der Waals surface area contributed by atoms with Gasteiger partial charge in [-0.1, -0.05) is 46.8 Å². The van der Waals surface area contributed by atoms with Gasteiger partial charge in [-0.15, -0.1) is 0 Å². The van der Waals surface area contributed by atoms with Gasteiger partial charge in [-0.3, -0.25) is 0 Å². The first-order chi connectivity index (χ1) is 14.9. The van der Waals surface area contributed by atoms with Gasteiger partial charge in [-0.2, -0.15) is 0 Å². The molecule has 2 heteroatoms. The summed E-state index contributed by atoms with van der Waals surface area (Å²) in [5.74, 6) is 3.03. The van der Waals surface area contributed by atoms with Gasteiger partial charge in [0.05, 0.1) is 6.10 Å². The molecule has 10 atom stereocenters. The molecule has 0 spiro atoms. The Morgan fingerprint density at radius 3 is 2.22 bits per heavy atom. The third-order valence-electron chi connectivity index (χ3n) is 13.3. The van der Waals surface area contributed by atoms with Gasteiger partial charge in [0.2, 0.25) is 0 Å². The molecule has 0 unspecified atom stereocenters. The quantitative estimate of drug-likeness (QED) is 0.364. The number of hydrogen-bond acceptors (Lipinski definition) is 2. The monoisotopic (exact) mass is 440 g/mol. The van der Waals surface area contributed by atoms with Gasteiger partial charge >= 0.3 is 0 Å². The van der Waals surface area contributed by atoms with Crippen LogP contribution in [0.2, 0.25) is 0 Å². The van der Waals surface area contributed by atoms with Crippen molar-refractivity contribution in [3.8, 4) is 0 Å². The Morgan fingerprint density at radius 1 is 0.844 bits per heavy atom. The van der Waals surface area contributed by atoms with Gasteiger partial charge in [-0.25, -0.2) is 0 Å². The highest BCUT2D eigenvalue weighted by Crippen LogP contribution is 2.77. The fourth-order valence-electron chi connectivity index (χ4n) is 11.4. The zero-order valence-corrected chi connectivity index (χ0v) is 21.7. The highest BCUT2D eigenvalue weighted by Gasteiger charge is 2.70. The van der Waals surface area contributed by atoms with Crippen molar-refractivity contribution in [2.75, 3.05) is 0 Å². The third kappa shape index (κ3) is 2.60. The Kier molecular flexibility index (Phi) is 5.03. The van der Waals surface area contributed by atoms with E-state index in [0.717, 1.165) is 31.6 Å². The number of hydrogen-bond donors (Lipinski definition) is 1. The van der Waals surface area contributed by atoms with Gasteiger partial charge in [0.15, 0.2) is 0 Å². The van der Waals surface area contributed by atoms with Crippen molar-refractivity contribution in [2.45, 2.75) is 112 Å². The van der Waals surface area contributed by atoms with Crippen molar-refractivity contribution in [3.63, 3.8) is 0 Å². The van der Waals surface area contributed by atoms with Crippen LogP contribution in [0.5, 0.6) is 0 Å². The molecule has 0 bridgehead atoms. The van der Waals surface area contributed by atoms with Crippen molar-refractivity contribution in [1.82, 2.24) is 0 Å². The molecule has 5 fully saturated rings. The van der Waals surface area contributed by atoms with Gasteiger partial charge in [0.25, 0.3) is 0 Å². The van der Waals surface area contributed by atoms with Crippen LogP contribution in [0.15, 0.2) is 12.2 Å². The maximum Gasteiger partial charge on any atom is 0.126 e. The Balaban J connectivity index is 1.56. The van der Waals surface area contributed by atoms with Gasteiger partial charge in [0.1, 0.15) is 6.29 Å². The van der Waals surface area contributed by atoms with Crippen LogP contribution in [0.4, 0.5) is 0 Å². The molecule has 0 aromatic carbocycles. The van der Waals surface area contributed by atoms with Crippen molar-refractivity contribution < 1.29 is 9.90 Å². The van der Waals surface area contributed by atoms with Crippen LogP contribution in [0.1, 0.15) is 106 Å². The average molecular weight is 441 g/mol. The van der Waals surface area contributed by atoms with Crippen LogP contribution in [0, 0.1) is 56.7 Å². The minimum Gasteiger partial charge on any atom is -0.393 e. The molecule has 0 aromatic heterocycles. The second-order valence-corrected chi connectivity index (χ2v) is 14.4. The van der Waals surface area contributed by atoms with E-state index < -0.39 is 0 Å². The fourth-order valence-corrected chi connectivity index (χ4v) is 11.4. The Bertz CT molecular complexity index is 814. The molecule has 0 amide bonds. The molecule has 32 heavy (non-hydrogen) atoms. The number of carbonyl (C=O) groups excluding carboxylic acids is 1. The molecule has 180 valence electrons. The summed E-state index contributed by atoms with van der Waals surface area (Å²) in [5.41, 5.74) is 2.20. The SMILES string of the molecule is C=C(C)[C@H]1CC[C@@]2(C=O)CC[C@@]3(C)[C@@H](CC[C@H]4[C@]5(C)CC[C@H](O)C(C)(C)[C@@H]5CC[C@@]43C)[C@H]12. The number of aliphatic hydroxyl groups is 1. The molecule has 0 radical (unpaired) electrons. The van der Waals surface area contributed by atoms with Gasteiger partial charge in [-0.05, 0) is 122 Å². The Hall–Kier alpha value is -0.630. The molecule has 5 aliphatic carbocycles. The van der Waals surface area contributed by atoms with Crippen molar-refractivity contribution in [2.24, 2.45) is 56.7 Å². The third-order valence-corrected chi connectivity index (χ3v) is 13.3. The zero-order valence-electron chi connectivity index (χ0n) is 21.7. The highest BCUT2D eigenvalue weighted by atomic mass is 16.3. The van der Waals surface area contributed by atoms with E-state index in [1.165, 1.54) is 50.4 Å². The summed E-state index contributed by atoms with van der Waals surface area (Å²) in [6.45, 7) is 19.2. The normalized spacial score (nSPS) is 56.3. The fraction of sp³-hybridized carbons (Fsp3) is 0.900.